The molecule has 0 aliphatic rings. The van der Waals surface area contributed by atoms with Gasteiger partial charge in [0.05, 0.1) is 26.0 Å². The number of nitrogen functional groups attached to an aromatic ring is 1. The number of aromatic nitrogens is 3. The van der Waals surface area contributed by atoms with Crippen molar-refractivity contribution in [2.45, 2.75) is 18.1 Å². The number of carbonyl (C=O) groups is 1. The molecule has 0 saturated carbocycles. The smallest absolute Gasteiger partial charge is 0.230 e. The van der Waals surface area contributed by atoms with E-state index in [4.69, 9.17) is 38.5 Å². The number of benzene rings is 2. The zero-order valence-electron chi connectivity index (χ0n) is 17.1. The van der Waals surface area contributed by atoms with E-state index in [1.165, 1.54) is 16.4 Å². The van der Waals surface area contributed by atoms with Crippen LogP contribution >= 0.6 is 35.0 Å². The first-order valence-electron chi connectivity index (χ1n) is 9.14. The molecule has 1 atom stereocenters. The van der Waals surface area contributed by atoms with Crippen LogP contribution in [0.1, 0.15) is 18.5 Å². The van der Waals surface area contributed by atoms with Gasteiger partial charge in [-0.1, -0.05) is 41.0 Å². The molecular weight excluding hydrogens is 461 g/mol. The number of ether oxygens (including phenoxy) is 2. The molecule has 1 amide bonds. The number of hydrogen-bond donors (Lipinski definition) is 2. The minimum absolute atomic E-state index is 0.108. The number of carbonyl (C=O) groups excluding carboxylic acids is 1. The van der Waals surface area contributed by atoms with Crippen molar-refractivity contribution in [1.82, 2.24) is 20.2 Å². The fraction of sp³-hybridized carbons (Fsp3) is 0.250. The molecule has 1 aromatic heterocycles. The van der Waals surface area contributed by atoms with Crippen LogP contribution in [0.15, 0.2) is 41.6 Å². The van der Waals surface area contributed by atoms with Gasteiger partial charge < -0.3 is 20.6 Å². The van der Waals surface area contributed by atoms with Crippen LogP contribution in [0.3, 0.4) is 0 Å². The van der Waals surface area contributed by atoms with Crippen molar-refractivity contribution in [3.8, 4) is 22.9 Å². The Kier molecular flexibility index (Phi) is 7.53. The number of thioether (sulfide) groups is 1. The molecule has 0 unspecified atom stereocenters. The fourth-order valence-electron chi connectivity index (χ4n) is 2.89. The summed E-state index contributed by atoms with van der Waals surface area (Å²) in [6.07, 6.45) is 0. The number of methoxy groups -OCH3 is 2. The van der Waals surface area contributed by atoms with Crippen molar-refractivity contribution in [2.75, 3.05) is 25.8 Å². The molecule has 164 valence electrons. The zero-order chi connectivity index (χ0) is 22.5. The molecule has 11 heteroatoms. The second-order valence-electron chi connectivity index (χ2n) is 6.49. The quantitative estimate of drug-likeness (QED) is 0.370. The Labute approximate surface area is 194 Å². The van der Waals surface area contributed by atoms with Crippen LogP contribution in [0.25, 0.3) is 11.4 Å². The molecule has 0 bridgehead atoms. The van der Waals surface area contributed by atoms with E-state index >= 15 is 0 Å². The minimum Gasteiger partial charge on any atom is -0.493 e. The molecule has 0 aliphatic heterocycles. The molecule has 3 rings (SSSR count). The Bertz CT molecular complexity index is 1090. The molecule has 2 aromatic carbocycles. The first-order valence-corrected chi connectivity index (χ1v) is 10.9. The lowest BCUT2D eigenvalue weighted by Gasteiger charge is -2.15. The van der Waals surface area contributed by atoms with Crippen molar-refractivity contribution in [3.05, 3.63) is 52.0 Å². The van der Waals surface area contributed by atoms with E-state index in [0.29, 0.717) is 38.1 Å². The Hall–Kier alpha value is -2.62. The number of amides is 1. The average Bonchev–Trinajstić information content (AvgIpc) is 3.11. The highest BCUT2D eigenvalue weighted by atomic mass is 35.5. The number of hydrogen-bond acceptors (Lipinski definition) is 7. The van der Waals surface area contributed by atoms with Crippen molar-refractivity contribution in [1.29, 1.82) is 0 Å². The molecule has 3 aromatic rings. The third-order valence-electron chi connectivity index (χ3n) is 4.45. The van der Waals surface area contributed by atoms with Crippen molar-refractivity contribution in [3.63, 3.8) is 0 Å². The molecular formula is C20H21Cl2N5O3S. The Morgan fingerprint density at radius 3 is 2.58 bits per heavy atom. The molecule has 1 heterocycles. The van der Waals surface area contributed by atoms with E-state index in [-0.39, 0.29) is 17.7 Å². The van der Waals surface area contributed by atoms with Gasteiger partial charge in [0.15, 0.2) is 17.3 Å². The summed E-state index contributed by atoms with van der Waals surface area (Å²) in [6, 6.07) is 10.2. The monoisotopic (exact) mass is 481 g/mol. The third kappa shape index (κ3) is 5.36. The van der Waals surface area contributed by atoms with Gasteiger partial charge in [0.2, 0.25) is 11.1 Å². The maximum atomic E-state index is 12.4. The second-order valence-corrected chi connectivity index (χ2v) is 8.28. The van der Waals surface area contributed by atoms with E-state index in [9.17, 15) is 4.79 Å². The van der Waals surface area contributed by atoms with E-state index in [0.717, 1.165) is 5.56 Å². The number of halogens is 2. The summed E-state index contributed by atoms with van der Waals surface area (Å²) in [7, 11) is 3.11. The number of nitrogens with one attached hydrogen (secondary N) is 1. The first kappa shape index (κ1) is 23.1. The van der Waals surface area contributed by atoms with Crippen molar-refractivity contribution in [2.24, 2.45) is 0 Å². The van der Waals surface area contributed by atoms with Crippen LogP contribution in [0.5, 0.6) is 11.5 Å². The van der Waals surface area contributed by atoms with E-state index < -0.39 is 0 Å². The molecule has 31 heavy (non-hydrogen) atoms. The highest BCUT2D eigenvalue weighted by Crippen LogP contribution is 2.32. The van der Waals surface area contributed by atoms with Crippen molar-refractivity contribution >= 4 is 40.9 Å². The largest absolute Gasteiger partial charge is 0.493 e. The maximum Gasteiger partial charge on any atom is 0.230 e. The Morgan fingerprint density at radius 1 is 1.16 bits per heavy atom. The lowest BCUT2D eigenvalue weighted by molar-refractivity contribution is -0.119. The molecule has 0 fully saturated rings. The zero-order valence-corrected chi connectivity index (χ0v) is 19.4. The van der Waals surface area contributed by atoms with Crippen molar-refractivity contribution < 1.29 is 14.3 Å². The number of rotatable bonds is 8. The van der Waals surface area contributed by atoms with Crippen LogP contribution in [-0.4, -0.2) is 40.8 Å². The summed E-state index contributed by atoms with van der Waals surface area (Å²) in [6.45, 7) is 1.85. The van der Waals surface area contributed by atoms with Gasteiger partial charge in [0.1, 0.15) is 0 Å². The lowest BCUT2D eigenvalue weighted by Crippen LogP contribution is -2.28. The van der Waals surface area contributed by atoms with Gasteiger partial charge in [-0.3, -0.25) is 4.79 Å². The first-order chi connectivity index (χ1) is 14.8. The normalized spacial score (nSPS) is 11.8. The molecule has 8 nitrogen and oxygen atoms in total. The van der Waals surface area contributed by atoms with Gasteiger partial charge in [-0.2, -0.15) is 0 Å². The number of nitrogens with zero attached hydrogens (tertiary/aromatic N) is 3. The fourth-order valence-corrected chi connectivity index (χ4v) is 4.13. The minimum atomic E-state index is -0.282. The molecule has 0 saturated heterocycles. The highest BCUT2D eigenvalue weighted by molar-refractivity contribution is 7.99. The molecule has 0 aliphatic carbocycles. The van der Waals surface area contributed by atoms with Crippen LogP contribution in [-0.2, 0) is 4.79 Å². The summed E-state index contributed by atoms with van der Waals surface area (Å²) in [5.74, 6) is 7.64. The predicted octanol–water partition coefficient (Wildman–Crippen LogP) is 3.95. The maximum absolute atomic E-state index is 12.4. The third-order valence-corrected chi connectivity index (χ3v) is 5.95. The van der Waals surface area contributed by atoms with Crippen LogP contribution < -0.4 is 20.6 Å². The molecule has 3 N–H and O–H groups in total. The van der Waals surface area contributed by atoms with Crippen LogP contribution in [0.4, 0.5) is 0 Å². The summed E-state index contributed by atoms with van der Waals surface area (Å²) >= 11 is 13.3. The average molecular weight is 482 g/mol. The summed E-state index contributed by atoms with van der Waals surface area (Å²) in [5.41, 5.74) is 1.48. The van der Waals surface area contributed by atoms with Gasteiger partial charge in [0.25, 0.3) is 0 Å². The SMILES string of the molecule is COc1ccc(-c2nnc(SCC(=O)N[C@@H](C)c3ccc(Cl)cc3Cl)n2N)cc1OC. The summed E-state index contributed by atoms with van der Waals surface area (Å²) in [5, 5.41) is 12.5. The summed E-state index contributed by atoms with van der Waals surface area (Å²) in [4.78, 5) is 12.4. The van der Waals surface area contributed by atoms with Gasteiger partial charge >= 0.3 is 0 Å². The van der Waals surface area contributed by atoms with E-state index in [2.05, 4.69) is 15.5 Å². The second kappa shape index (κ2) is 10.1. The van der Waals surface area contributed by atoms with Crippen LogP contribution in [0.2, 0.25) is 10.0 Å². The molecule has 0 spiro atoms. The Morgan fingerprint density at radius 2 is 1.90 bits per heavy atom. The van der Waals surface area contributed by atoms with Gasteiger partial charge in [-0.25, -0.2) is 4.68 Å². The standard InChI is InChI=1S/C20H21Cl2N5O3S/c1-11(14-6-5-13(21)9-15(14)22)24-18(28)10-31-20-26-25-19(27(20)23)12-4-7-16(29-2)17(8-12)30-3/h4-9,11H,10,23H2,1-3H3,(H,24,28)/t11-/m0/s1. The molecule has 0 radical (unpaired) electrons. The van der Waals surface area contributed by atoms with E-state index in [1.807, 2.05) is 6.92 Å². The highest BCUT2D eigenvalue weighted by Gasteiger charge is 2.17. The van der Waals surface area contributed by atoms with Gasteiger partial charge in [0, 0.05) is 15.6 Å². The van der Waals surface area contributed by atoms with Crippen LogP contribution in [0, 0.1) is 0 Å². The lowest BCUT2D eigenvalue weighted by atomic mass is 10.1. The Balaban J connectivity index is 1.65. The predicted molar refractivity (Wildman–Crippen MR) is 122 cm³/mol. The topological polar surface area (TPSA) is 104 Å². The van der Waals surface area contributed by atoms with Gasteiger partial charge in [-0.05, 0) is 42.8 Å². The summed E-state index contributed by atoms with van der Waals surface area (Å²) < 4.78 is 11.9. The number of nitrogens with two attached hydrogens (primary N) is 1. The van der Waals surface area contributed by atoms with E-state index in [1.54, 1.807) is 50.6 Å². The van der Waals surface area contributed by atoms with Gasteiger partial charge in [-0.15, -0.1) is 10.2 Å².